The molecule has 0 aliphatic carbocycles. The molecule has 0 unspecified atom stereocenters. The van der Waals surface area contributed by atoms with Crippen LogP contribution in [0.3, 0.4) is 0 Å². The van der Waals surface area contributed by atoms with E-state index in [0.29, 0.717) is 17.5 Å². The normalized spacial score (nSPS) is 13.3. The summed E-state index contributed by atoms with van der Waals surface area (Å²) in [5.74, 6) is -0.888. The largest absolute Gasteiger partial charge is 0.451 e. The molecule has 4 rings (SSSR count). The van der Waals surface area contributed by atoms with Gasteiger partial charge in [0.25, 0.3) is 5.91 Å². The van der Waals surface area contributed by atoms with Crippen molar-refractivity contribution in [2.75, 3.05) is 18.0 Å². The highest BCUT2D eigenvalue weighted by molar-refractivity contribution is 6.00. The van der Waals surface area contributed by atoms with E-state index in [1.54, 1.807) is 29.2 Å². The Morgan fingerprint density at radius 1 is 1.07 bits per heavy atom. The summed E-state index contributed by atoms with van der Waals surface area (Å²) in [6.45, 7) is 0.459. The number of anilines is 1. The van der Waals surface area contributed by atoms with Crippen LogP contribution in [0.2, 0.25) is 0 Å². The Bertz CT molecular complexity index is 1090. The molecule has 0 spiro atoms. The first kappa shape index (κ1) is 17.0. The van der Waals surface area contributed by atoms with Crippen LogP contribution in [-0.4, -0.2) is 24.9 Å². The molecule has 0 fully saturated rings. The Labute approximate surface area is 155 Å². The molecule has 3 aromatic rings. The zero-order chi connectivity index (χ0) is 18.8. The topological polar surface area (TPSA) is 79.6 Å². The predicted octanol–water partition coefficient (Wildman–Crippen LogP) is 2.50. The van der Waals surface area contributed by atoms with Gasteiger partial charge in [0.1, 0.15) is 5.58 Å². The Kier molecular flexibility index (Phi) is 4.46. The van der Waals surface area contributed by atoms with E-state index in [1.807, 2.05) is 24.3 Å². The first-order valence-electron chi connectivity index (χ1n) is 8.83. The Balaban J connectivity index is 1.49. The molecule has 136 valence electrons. The molecule has 0 radical (unpaired) electrons. The molecule has 2 aromatic carbocycles. The first-order valence-corrected chi connectivity index (χ1v) is 8.83. The van der Waals surface area contributed by atoms with E-state index in [2.05, 4.69) is 5.32 Å². The minimum atomic E-state index is -0.587. The lowest BCUT2D eigenvalue weighted by Gasteiger charge is -2.29. The van der Waals surface area contributed by atoms with Gasteiger partial charge in [-0.3, -0.25) is 14.4 Å². The van der Waals surface area contributed by atoms with E-state index >= 15 is 0 Å². The van der Waals surface area contributed by atoms with Crippen molar-refractivity contribution in [3.8, 4) is 0 Å². The number of para-hydroxylation sites is 2. The number of hydrogen-bond acceptors (Lipinski definition) is 4. The summed E-state index contributed by atoms with van der Waals surface area (Å²) in [6, 6.07) is 15.6. The van der Waals surface area contributed by atoms with E-state index < -0.39 is 5.91 Å². The number of carbonyl (C=O) groups excluding carboxylic acids is 2. The van der Waals surface area contributed by atoms with Gasteiger partial charge in [0, 0.05) is 18.3 Å². The lowest BCUT2D eigenvalue weighted by Crippen LogP contribution is -2.42. The Morgan fingerprint density at radius 3 is 2.74 bits per heavy atom. The molecule has 27 heavy (non-hydrogen) atoms. The summed E-state index contributed by atoms with van der Waals surface area (Å²) in [7, 11) is 0. The molecule has 2 heterocycles. The summed E-state index contributed by atoms with van der Waals surface area (Å²) in [5.41, 5.74) is 2.06. The van der Waals surface area contributed by atoms with Gasteiger partial charge in [-0.2, -0.15) is 0 Å². The number of amides is 2. The third-order valence-corrected chi connectivity index (χ3v) is 4.67. The smallest absolute Gasteiger partial charge is 0.287 e. The van der Waals surface area contributed by atoms with Gasteiger partial charge in [-0.1, -0.05) is 30.3 Å². The molecular formula is C21H18N2O4. The third-order valence-electron chi connectivity index (χ3n) is 4.67. The third kappa shape index (κ3) is 3.33. The molecule has 0 saturated heterocycles. The number of benzene rings is 2. The van der Waals surface area contributed by atoms with Crippen LogP contribution in [0.1, 0.15) is 22.5 Å². The maximum atomic E-state index is 12.6. The summed E-state index contributed by atoms with van der Waals surface area (Å²) in [4.78, 5) is 38.8. The Morgan fingerprint density at radius 2 is 1.85 bits per heavy atom. The SMILES string of the molecule is O=C(NCC(=O)N1CCCc2ccccc21)c1cc(=O)c2ccccc2o1. The van der Waals surface area contributed by atoms with Crippen LogP contribution in [0.5, 0.6) is 0 Å². The lowest BCUT2D eigenvalue weighted by molar-refractivity contribution is -0.117. The second kappa shape index (κ2) is 7.07. The zero-order valence-corrected chi connectivity index (χ0v) is 14.6. The number of fused-ring (bicyclic) bond motifs is 2. The highest BCUT2D eigenvalue weighted by Gasteiger charge is 2.23. The van der Waals surface area contributed by atoms with Crippen LogP contribution < -0.4 is 15.6 Å². The molecule has 1 aliphatic heterocycles. The average molecular weight is 362 g/mol. The average Bonchev–Trinajstić information content (AvgIpc) is 2.71. The molecule has 6 heteroatoms. The van der Waals surface area contributed by atoms with Crippen molar-refractivity contribution in [2.45, 2.75) is 12.8 Å². The molecule has 2 amide bonds. The van der Waals surface area contributed by atoms with E-state index in [1.165, 1.54) is 0 Å². The van der Waals surface area contributed by atoms with Crippen LogP contribution in [0.15, 0.2) is 63.8 Å². The van der Waals surface area contributed by atoms with E-state index in [-0.39, 0.29) is 23.6 Å². The molecule has 0 atom stereocenters. The molecule has 0 bridgehead atoms. The highest BCUT2D eigenvalue weighted by atomic mass is 16.3. The van der Waals surface area contributed by atoms with Crippen LogP contribution in [-0.2, 0) is 11.2 Å². The number of hydrogen-bond donors (Lipinski definition) is 1. The molecule has 1 aliphatic rings. The van der Waals surface area contributed by atoms with Crippen LogP contribution in [0.25, 0.3) is 11.0 Å². The van der Waals surface area contributed by atoms with Gasteiger partial charge < -0.3 is 14.6 Å². The first-order chi connectivity index (χ1) is 13.1. The second-order valence-corrected chi connectivity index (χ2v) is 6.43. The van der Waals surface area contributed by atoms with E-state index in [4.69, 9.17) is 4.42 Å². The van der Waals surface area contributed by atoms with Crippen molar-refractivity contribution in [3.63, 3.8) is 0 Å². The quantitative estimate of drug-likeness (QED) is 0.776. The van der Waals surface area contributed by atoms with Crippen molar-refractivity contribution in [3.05, 3.63) is 76.1 Å². The van der Waals surface area contributed by atoms with Gasteiger partial charge in [-0.15, -0.1) is 0 Å². The van der Waals surface area contributed by atoms with Crippen molar-refractivity contribution in [1.82, 2.24) is 5.32 Å². The Hall–Kier alpha value is -3.41. The summed E-state index contributed by atoms with van der Waals surface area (Å²) in [6.07, 6.45) is 1.82. The maximum absolute atomic E-state index is 12.6. The fourth-order valence-electron chi connectivity index (χ4n) is 3.35. The van der Waals surface area contributed by atoms with Crippen molar-refractivity contribution >= 4 is 28.5 Å². The number of carbonyl (C=O) groups is 2. The summed E-state index contributed by atoms with van der Waals surface area (Å²) >= 11 is 0. The van der Waals surface area contributed by atoms with Crippen molar-refractivity contribution in [2.24, 2.45) is 0 Å². The summed E-state index contributed by atoms with van der Waals surface area (Å²) < 4.78 is 5.50. The molecule has 1 aromatic heterocycles. The molecule has 6 nitrogen and oxygen atoms in total. The molecular weight excluding hydrogens is 344 g/mol. The minimum absolute atomic E-state index is 0.106. The zero-order valence-electron chi connectivity index (χ0n) is 14.6. The minimum Gasteiger partial charge on any atom is -0.451 e. The lowest BCUT2D eigenvalue weighted by atomic mass is 10.0. The highest BCUT2D eigenvalue weighted by Crippen LogP contribution is 2.26. The fraction of sp³-hybridized carbons (Fsp3) is 0.190. The van der Waals surface area contributed by atoms with Crippen molar-refractivity contribution < 1.29 is 14.0 Å². The number of nitrogens with one attached hydrogen (secondary N) is 1. The van der Waals surface area contributed by atoms with Crippen LogP contribution >= 0.6 is 0 Å². The van der Waals surface area contributed by atoms with Gasteiger partial charge in [-0.25, -0.2) is 0 Å². The number of aryl methyl sites for hydroxylation is 1. The van der Waals surface area contributed by atoms with Gasteiger partial charge in [-0.05, 0) is 36.6 Å². The predicted molar refractivity (Wildman–Crippen MR) is 102 cm³/mol. The van der Waals surface area contributed by atoms with Gasteiger partial charge >= 0.3 is 0 Å². The van der Waals surface area contributed by atoms with Crippen molar-refractivity contribution in [1.29, 1.82) is 0 Å². The van der Waals surface area contributed by atoms with Gasteiger partial charge in [0.2, 0.25) is 5.91 Å². The second-order valence-electron chi connectivity index (χ2n) is 6.43. The van der Waals surface area contributed by atoms with Gasteiger partial charge in [0.05, 0.1) is 11.9 Å². The van der Waals surface area contributed by atoms with E-state index in [9.17, 15) is 14.4 Å². The standard InChI is InChI=1S/C21H18N2O4/c24-17-12-19(27-18-10-4-2-8-15(17)18)21(26)22-13-20(25)23-11-5-7-14-6-1-3-9-16(14)23/h1-4,6,8-10,12H,5,7,11,13H2,(H,22,26). The number of nitrogens with zero attached hydrogens (tertiary/aromatic N) is 1. The van der Waals surface area contributed by atoms with E-state index in [0.717, 1.165) is 30.2 Å². The van der Waals surface area contributed by atoms with Gasteiger partial charge in [0.15, 0.2) is 11.2 Å². The molecule has 1 N–H and O–H groups in total. The number of rotatable bonds is 3. The maximum Gasteiger partial charge on any atom is 0.287 e. The monoisotopic (exact) mass is 362 g/mol. The van der Waals surface area contributed by atoms with Crippen LogP contribution in [0, 0.1) is 0 Å². The summed E-state index contributed by atoms with van der Waals surface area (Å²) in [5, 5.41) is 2.97. The molecule has 0 saturated carbocycles. The van der Waals surface area contributed by atoms with Crippen LogP contribution in [0.4, 0.5) is 5.69 Å². The fourth-order valence-corrected chi connectivity index (χ4v) is 3.35.